The molecule has 2 atom stereocenters. The number of hydrogen-bond acceptors (Lipinski definition) is 6. The van der Waals surface area contributed by atoms with Crippen molar-refractivity contribution < 1.29 is 23.7 Å². The number of carbonyl (C=O) groups excluding carboxylic acids is 3. The normalized spacial score (nSPS) is 17.7. The van der Waals surface area contributed by atoms with Gasteiger partial charge in [0.2, 0.25) is 11.8 Å². The van der Waals surface area contributed by atoms with Crippen LogP contribution in [0.15, 0.2) is 91.0 Å². The Kier molecular flexibility index (Phi) is 9.05. The van der Waals surface area contributed by atoms with E-state index in [1.165, 1.54) is 39.1 Å². The Morgan fingerprint density at radius 2 is 1.69 bits per heavy atom. The van der Waals surface area contributed by atoms with Crippen molar-refractivity contribution >= 4 is 34.3 Å². The Morgan fingerprint density at radius 3 is 2.40 bits per heavy atom. The highest BCUT2D eigenvalue weighted by atomic mass is 19.1. The average Bonchev–Trinajstić information content (AvgIpc) is 3.41. The van der Waals surface area contributed by atoms with Crippen LogP contribution in [0.2, 0.25) is 0 Å². The van der Waals surface area contributed by atoms with Crippen LogP contribution in [-0.4, -0.2) is 86.4 Å². The van der Waals surface area contributed by atoms with Gasteiger partial charge < -0.3 is 14.7 Å². The summed E-state index contributed by atoms with van der Waals surface area (Å²) < 4.78 is 13.5. The summed E-state index contributed by atoms with van der Waals surface area (Å²) >= 11 is 0. The molecule has 244 valence electrons. The van der Waals surface area contributed by atoms with E-state index in [1.807, 2.05) is 42.5 Å². The fourth-order valence-electron chi connectivity index (χ4n) is 6.49. The first-order valence-electron chi connectivity index (χ1n) is 15.4. The minimum Gasteiger partial charge on any atom is -0.333 e. The maximum atomic E-state index is 14.3. The second-order valence-electron chi connectivity index (χ2n) is 11.9. The van der Waals surface area contributed by atoms with Gasteiger partial charge in [-0.15, -0.1) is 6.42 Å². The highest BCUT2D eigenvalue weighted by Gasteiger charge is 2.52. The van der Waals surface area contributed by atoms with Crippen LogP contribution in [0, 0.1) is 28.3 Å². The molecule has 6 rings (SSSR count). The Hall–Kier alpha value is -5.80. The van der Waals surface area contributed by atoms with E-state index >= 15 is 0 Å². The summed E-state index contributed by atoms with van der Waals surface area (Å²) in [4.78, 5) is 57.3. The number of nitro benzene ring substituents is 1. The van der Waals surface area contributed by atoms with Crippen LogP contribution in [0.4, 0.5) is 14.9 Å². The molecule has 48 heavy (non-hydrogen) atoms. The van der Waals surface area contributed by atoms with Gasteiger partial charge in [-0.1, -0.05) is 72.7 Å². The second kappa shape index (κ2) is 13.5. The fourth-order valence-corrected chi connectivity index (χ4v) is 6.49. The summed E-state index contributed by atoms with van der Waals surface area (Å²) in [5.74, 6) is 1.53. The Bertz CT molecular complexity index is 1910. The van der Waals surface area contributed by atoms with E-state index in [1.54, 1.807) is 41.2 Å². The number of hydrogen-bond donors (Lipinski definition) is 0. The van der Waals surface area contributed by atoms with Gasteiger partial charge in [0.25, 0.3) is 5.69 Å². The van der Waals surface area contributed by atoms with Gasteiger partial charge in [-0.3, -0.25) is 19.7 Å². The van der Waals surface area contributed by atoms with Crippen molar-refractivity contribution in [2.75, 3.05) is 26.7 Å². The third-order valence-corrected chi connectivity index (χ3v) is 8.82. The average molecular weight is 649 g/mol. The number of hydrazine groups is 1. The molecule has 2 aliphatic rings. The minimum atomic E-state index is -0.933. The molecule has 0 aromatic heterocycles. The van der Waals surface area contributed by atoms with Gasteiger partial charge in [-0.2, -0.15) is 5.01 Å². The van der Waals surface area contributed by atoms with E-state index < -0.39 is 23.2 Å². The molecule has 0 unspecified atom stereocenters. The Balaban J connectivity index is 1.33. The van der Waals surface area contributed by atoms with Crippen molar-refractivity contribution in [3.05, 3.63) is 124 Å². The molecule has 0 radical (unpaired) electrons. The van der Waals surface area contributed by atoms with E-state index in [4.69, 9.17) is 6.42 Å². The zero-order chi connectivity index (χ0) is 33.9. The van der Waals surface area contributed by atoms with Crippen molar-refractivity contribution in [1.29, 1.82) is 0 Å². The molecule has 4 aromatic rings. The minimum absolute atomic E-state index is 0.0826. The van der Waals surface area contributed by atoms with Crippen LogP contribution in [0.5, 0.6) is 0 Å². The summed E-state index contributed by atoms with van der Waals surface area (Å²) in [7, 11) is 1.60. The molecule has 2 aliphatic heterocycles. The number of non-ortho nitro benzene ring substituents is 1. The Labute approximate surface area is 276 Å². The van der Waals surface area contributed by atoms with Crippen LogP contribution in [0.25, 0.3) is 10.8 Å². The summed E-state index contributed by atoms with van der Waals surface area (Å²) in [5, 5.41) is 16.2. The number of nitro groups is 1. The van der Waals surface area contributed by atoms with Crippen molar-refractivity contribution in [2.24, 2.45) is 0 Å². The number of amides is 4. The number of urea groups is 1. The van der Waals surface area contributed by atoms with Crippen molar-refractivity contribution in [2.45, 2.75) is 31.7 Å². The number of terminal acetylenes is 1. The van der Waals surface area contributed by atoms with Crippen LogP contribution in [0.3, 0.4) is 0 Å². The van der Waals surface area contributed by atoms with Gasteiger partial charge in [0.05, 0.1) is 24.6 Å². The first-order valence-corrected chi connectivity index (χ1v) is 15.4. The summed E-state index contributed by atoms with van der Waals surface area (Å²) in [6.45, 7) is 0.228. The van der Waals surface area contributed by atoms with Crippen molar-refractivity contribution in [3.8, 4) is 12.3 Å². The largest absolute Gasteiger partial charge is 0.335 e. The van der Waals surface area contributed by atoms with E-state index in [-0.39, 0.29) is 62.5 Å². The molecule has 0 aliphatic carbocycles. The number of rotatable bonds is 9. The molecule has 4 amide bonds. The van der Waals surface area contributed by atoms with Crippen molar-refractivity contribution in [3.63, 3.8) is 0 Å². The number of carbonyl (C=O) groups is 3. The Morgan fingerprint density at radius 1 is 1.00 bits per heavy atom. The highest BCUT2D eigenvalue weighted by Crippen LogP contribution is 2.32. The third-order valence-electron chi connectivity index (χ3n) is 8.82. The molecule has 0 spiro atoms. The molecule has 2 saturated heterocycles. The lowest BCUT2D eigenvalue weighted by atomic mass is 9.98. The predicted molar refractivity (Wildman–Crippen MR) is 176 cm³/mol. The van der Waals surface area contributed by atoms with E-state index in [9.17, 15) is 28.9 Å². The van der Waals surface area contributed by atoms with Gasteiger partial charge in [0.1, 0.15) is 18.0 Å². The predicted octanol–water partition coefficient (Wildman–Crippen LogP) is 4.41. The molecule has 11 nitrogen and oxygen atoms in total. The number of halogens is 1. The highest BCUT2D eigenvalue weighted by molar-refractivity contribution is 5.92. The van der Waals surface area contributed by atoms with Crippen molar-refractivity contribution in [1.82, 2.24) is 24.7 Å². The number of fused-ring (bicyclic) bond motifs is 2. The number of benzene rings is 4. The topological polar surface area (TPSA) is 111 Å². The molecule has 0 saturated carbocycles. The van der Waals surface area contributed by atoms with Gasteiger partial charge in [0, 0.05) is 38.7 Å². The lowest BCUT2D eigenvalue weighted by Gasteiger charge is -2.46. The lowest BCUT2D eigenvalue weighted by molar-refractivity contribution is -0.384. The zero-order valence-corrected chi connectivity index (χ0v) is 26.2. The third kappa shape index (κ3) is 6.41. The second-order valence-corrected chi connectivity index (χ2v) is 11.9. The SMILES string of the molecule is C#CCN(C(=O)N(C)Cc1ccc(F)cc1)N1CC(=O)N2[C@@H](Cc3ccc([N+](=O)[O-])cc3)C(=O)N(Cc3cccc4ccccc34)C[C@@H]21. The molecule has 0 N–H and O–H groups in total. The van der Waals surface area contributed by atoms with E-state index in [2.05, 4.69) is 5.92 Å². The molecule has 4 aromatic carbocycles. The van der Waals surface area contributed by atoms with E-state index in [0.717, 1.165) is 16.3 Å². The summed E-state index contributed by atoms with van der Waals surface area (Å²) in [5.41, 5.74) is 2.20. The first-order chi connectivity index (χ1) is 23.1. The fraction of sp³-hybridized carbons (Fsp3) is 0.250. The van der Waals surface area contributed by atoms with Crippen LogP contribution >= 0.6 is 0 Å². The smallest absolute Gasteiger partial charge is 0.333 e. The summed E-state index contributed by atoms with van der Waals surface area (Å²) in [6, 6.07) is 24.1. The quantitative estimate of drug-likeness (QED) is 0.151. The van der Waals surface area contributed by atoms with Crippen LogP contribution in [-0.2, 0) is 29.1 Å². The standard InChI is InChI=1S/C36H33FN6O5/c1-3-19-40(36(46)38(2)21-26-11-15-29(37)16-12-26)41-24-34(44)42-32(20-25-13-17-30(18-14-25)43(47)48)35(45)39(23-33(41)42)22-28-9-6-8-27-7-4-5-10-31(27)28/h1,4-18,32-33H,19-24H2,2H3/t32-,33+/m0/s1. The zero-order valence-electron chi connectivity index (χ0n) is 26.2. The monoisotopic (exact) mass is 648 g/mol. The van der Waals surface area contributed by atoms with Gasteiger partial charge >= 0.3 is 6.03 Å². The van der Waals surface area contributed by atoms with Crippen LogP contribution < -0.4 is 0 Å². The molecule has 0 bridgehead atoms. The molecular formula is C36H33FN6O5. The summed E-state index contributed by atoms with van der Waals surface area (Å²) in [6.07, 6.45) is 5.13. The van der Waals surface area contributed by atoms with Gasteiger partial charge in [0.15, 0.2) is 0 Å². The molecule has 2 fully saturated rings. The number of piperazine rings is 1. The molecule has 12 heteroatoms. The van der Waals surface area contributed by atoms with E-state index in [0.29, 0.717) is 11.1 Å². The first kappa shape index (κ1) is 32.2. The number of nitrogens with zero attached hydrogens (tertiary/aromatic N) is 6. The van der Waals surface area contributed by atoms with Gasteiger partial charge in [-0.05, 0) is 39.6 Å². The maximum Gasteiger partial charge on any atom is 0.335 e. The van der Waals surface area contributed by atoms with Crippen LogP contribution in [0.1, 0.15) is 16.7 Å². The van der Waals surface area contributed by atoms with Gasteiger partial charge in [-0.25, -0.2) is 14.2 Å². The lowest BCUT2D eigenvalue weighted by Crippen LogP contribution is -2.66. The molecule has 2 heterocycles. The molecular weight excluding hydrogens is 615 g/mol. The maximum absolute atomic E-state index is 14.3.